The summed E-state index contributed by atoms with van der Waals surface area (Å²) in [5.41, 5.74) is 3.72. The van der Waals surface area contributed by atoms with E-state index in [2.05, 4.69) is 20.4 Å². The molecule has 10 nitrogen and oxygen atoms in total. The van der Waals surface area contributed by atoms with Gasteiger partial charge in [0.1, 0.15) is 11.6 Å². The minimum absolute atomic E-state index is 0.0454. The lowest BCUT2D eigenvalue weighted by Gasteiger charge is -2.53. The molecule has 2 aliphatic heterocycles. The number of nitrogens with one attached hydrogen (secondary N) is 2. The number of nitrogens with zero attached hydrogens (tertiary/aromatic N) is 4. The number of hydrogen-bond donors (Lipinski definition) is 3. The summed E-state index contributed by atoms with van der Waals surface area (Å²) in [6, 6.07) is 6.76. The number of aliphatic hydroxyl groups is 1. The average molecular weight is 593 g/mol. The summed E-state index contributed by atoms with van der Waals surface area (Å²) in [6.07, 6.45) is 5.95. The highest BCUT2D eigenvalue weighted by molar-refractivity contribution is 6.00. The van der Waals surface area contributed by atoms with E-state index in [0.717, 1.165) is 61.0 Å². The van der Waals surface area contributed by atoms with Gasteiger partial charge in [0, 0.05) is 50.6 Å². The van der Waals surface area contributed by atoms with Crippen LogP contribution in [0, 0.1) is 19.8 Å². The molecule has 3 N–H and O–H groups in total. The molecule has 5 rings (SSSR count). The summed E-state index contributed by atoms with van der Waals surface area (Å²) < 4.78 is 0. The summed E-state index contributed by atoms with van der Waals surface area (Å²) in [5, 5.41) is 21.9. The molecule has 1 aromatic heterocycles. The maximum atomic E-state index is 14.0. The number of aliphatic hydroxyl groups excluding tert-OH is 1. The Morgan fingerprint density at radius 2 is 1.74 bits per heavy atom. The van der Waals surface area contributed by atoms with E-state index in [0.29, 0.717) is 38.0 Å². The van der Waals surface area contributed by atoms with Crippen molar-refractivity contribution in [3.8, 4) is 0 Å². The fourth-order valence-corrected chi connectivity index (χ4v) is 7.60. The molecule has 1 aromatic carbocycles. The second kappa shape index (κ2) is 12.8. The van der Waals surface area contributed by atoms with Crippen molar-refractivity contribution in [1.82, 2.24) is 30.2 Å². The van der Waals surface area contributed by atoms with Gasteiger partial charge in [0.2, 0.25) is 11.8 Å². The molecule has 3 aliphatic rings. The van der Waals surface area contributed by atoms with Gasteiger partial charge in [-0.3, -0.25) is 24.4 Å². The van der Waals surface area contributed by atoms with Crippen LogP contribution in [-0.2, 0) is 9.59 Å². The second-order valence-corrected chi connectivity index (χ2v) is 13.0. The number of hydrogen-bond acceptors (Lipinski definition) is 6. The van der Waals surface area contributed by atoms with Crippen LogP contribution in [0.15, 0.2) is 24.3 Å². The van der Waals surface area contributed by atoms with Crippen molar-refractivity contribution in [3.63, 3.8) is 0 Å². The van der Waals surface area contributed by atoms with E-state index in [9.17, 15) is 19.5 Å². The normalized spacial score (nSPS) is 22.8. The van der Waals surface area contributed by atoms with E-state index in [1.54, 1.807) is 23.9 Å². The highest BCUT2D eigenvalue weighted by Crippen LogP contribution is 2.40. The Hall–Kier alpha value is -3.24. The largest absolute Gasteiger partial charge is 0.390 e. The van der Waals surface area contributed by atoms with E-state index in [4.69, 9.17) is 0 Å². The molecular formula is C33H48N6O4. The SMILES string of the molecule is CCCN1C(=O)[C@@H]([C@H](O)C2CCCCC2)NC(=O)C12CCN(C(c1ccc(C(=O)N(C)C)cc1)c1c(C)n[nH]c1C)CC2. The molecule has 1 spiro atoms. The molecule has 3 atom stereocenters. The number of carbonyl (C=O) groups excluding carboxylic acids is 3. The Morgan fingerprint density at radius 1 is 1.09 bits per heavy atom. The zero-order valence-corrected chi connectivity index (χ0v) is 26.4. The summed E-state index contributed by atoms with van der Waals surface area (Å²) in [4.78, 5) is 46.2. The smallest absolute Gasteiger partial charge is 0.253 e. The molecule has 3 fully saturated rings. The first-order valence-corrected chi connectivity index (χ1v) is 16.0. The standard InChI is InChI=1S/C33H48N6O4/c1-6-18-39-31(42)27(29(40)24-10-8-7-9-11-24)34-32(43)33(39)16-19-38(20-17-33)28(26-21(2)35-36-22(26)3)23-12-14-25(15-13-23)30(41)37(4)5/h12-15,24,27-29,40H,6-11,16-20H2,1-5H3,(H,34,43)(H,35,36)/t27-,28?,29-/m1/s1. The van der Waals surface area contributed by atoms with Gasteiger partial charge in [0.25, 0.3) is 5.91 Å². The second-order valence-electron chi connectivity index (χ2n) is 13.0. The van der Waals surface area contributed by atoms with Crippen LogP contribution in [0.5, 0.6) is 0 Å². The molecule has 1 saturated carbocycles. The number of H-pyrrole nitrogens is 1. The van der Waals surface area contributed by atoms with Crippen LogP contribution in [0.25, 0.3) is 0 Å². The van der Waals surface area contributed by atoms with Gasteiger partial charge in [-0.25, -0.2) is 0 Å². The number of carbonyl (C=O) groups is 3. The van der Waals surface area contributed by atoms with Crippen LogP contribution in [0.3, 0.4) is 0 Å². The van der Waals surface area contributed by atoms with Gasteiger partial charge in [-0.05, 0) is 69.6 Å². The number of aryl methyl sites for hydroxylation is 2. The van der Waals surface area contributed by atoms with Crippen LogP contribution in [0.2, 0.25) is 0 Å². The van der Waals surface area contributed by atoms with Crippen molar-refractivity contribution in [2.75, 3.05) is 33.7 Å². The molecule has 0 radical (unpaired) electrons. The molecule has 1 aliphatic carbocycles. The van der Waals surface area contributed by atoms with Gasteiger partial charge in [0.15, 0.2) is 0 Å². The van der Waals surface area contributed by atoms with Gasteiger partial charge in [-0.1, -0.05) is 38.3 Å². The lowest BCUT2D eigenvalue weighted by molar-refractivity contribution is -0.166. The first-order chi connectivity index (χ1) is 20.6. The van der Waals surface area contributed by atoms with E-state index in [1.165, 1.54) is 0 Å². The third kappa shape index (κ3) is 5.83. The van der Waals surface area contributed by atoms with Crippen molar-refractivity contribution in [3.05, 3.63) is 52.3 Å². The number of aromatic amines is 1. The average Bonchev–Trinajstić information content (AvgIpc) is 3.35. The van der Waals surface area contributed by atoms with Crippen molar-refractivity contribution in [2.45, 2.75) is 95.9 Å². The van der Waals surface area contributed by atoms with Crippen molar-refractivity contribution >= 4 is 17.7 Å². The van der Waals surface area contributed by atoms with Crippen LogP contribution >= 0.6 is 0 Å². The maximum absolute atomic E-state index is 14.0. The molecule has 1 unspecified atom stereocenters. The van der Waals surface area contributed by atoms with E-state index in [1.807, 2.05) is 45.0 Å². The maximum Gasteiger partial charge on any atom is 0.253 e. The quantitative estimate of drug-likeness (QED) is 0.432. The first-order valence-electron chi connectivity index (χ1n) is 16.0. The molecule has 10 heteroatoms. The first kappa shape index (κ1) is 31.2. The number of rotatable bonds is 8. The minimum Gasteiger partial charge on any atom is -0.390 e. The van der Waals surface area contributed by atoms with Gasteiger partial charge in [-0.15, -0.1) is 0 Å². The van der Waals surface area contributed by atoms with Gasteiger partial charge < -0.3 is 20.2 Å². The van der Waals surface area contributed by atoms with E-state index in [-0.39, 0.29) is 29.7 Å². The molecule has 3 amide bonds. The zero-order valence-electron chi connectivity index (χ0n) is 26.4. The van der Waals surface area contributed by atoms with Crippen LogP contribution < -0.4 is 5.32 Å². The zero-order chi connectivity index (χ0) is 30.9. The molecule has 0 bridgehead atoms. The predicted molar refractivity (Wildman–Crippen MR) is 164 cm³/mol. The number of piperidine rings is 1. The van der Waals surface area contributed by atoms with Crippen LogP contribution in [0.1, 0.15) is 97.2 Å². The summed E-state index contributed by atoms with van der Waals surface area (Å²) in [6.45, 7) is 7.74. The molecule has 43 heavy (non-hydrogen) atoms. The Labute approximate surface area is 255 Å². The molecule has 2 saturated heterocycles. The number of benzene rings is 1. The van der Waals surface area contributed by atoms with Gasteiger partial charge in [0.05, 0.1) is 17.8 Å². The molecular weight excluding hydrogens is 544 g/mol. The highest BCUT2D eigenvalue weighted by atomic mass is 16.3. The van der Waals surface area contributed by atoms with Crippen molar-refractivity contribution in [2.24, 2.45) is 5.92 Å². The number of likely N-dealkylation sites (tertiary alicyclic amines) is 1. The Kier molecular flexibility index (Phi) is 9.27. The van der Waals surface area contributed by atoms with Crippen LogP contribution in [0.4, 0.5) is 0 Å². The predicted octanol–water partition coefficient (Wildman–Crippen LogP) is 3.33. The Morgan fingerprint density at radius 3 is 2.30 bits per heavy atom. The van der Waals surface area contributed by atoms with Gasteiger partial charge in [-0.2, -0.15) is 5.10 Å². The third-order valence-corrected chi connectivity index (χ3v) is 10.0. The van der Waals surface area contributed by atoms with Crippen molar-refractivity contribution < 1.29 is 19.5 Å². The summed E-state index contributed by atoms with van der Waals surface area (Å²) in [7, 11) is 3.49. The topological polar surface area (TPSA) is 122 Å². The fourth-order valence-electron chi connectivity index (χ4n) is 7.60. The minimum atomic E-state index is -0.931. The summed E-state index contributed by atoms with van der Waals surface area (Å²) in [5.74, 6) is -0.287. The van der Waals surface area contributed by atoms with Crippen molar-refractivity contribution in [1.29, 1.82) is 0 Å². The number of aromatic nitrogens is 2. The molecule has 2 aromatic rings. The van der Waals surface area contributed by atoms with E-state index >= 15 is 0 Å². The Balaban J connectivity index is 1.40. The summed E-state index contributed by atoms with van der Waals surface area (Å²) >= 11 is 0. The molecule has 3 heterocycles. The fraction of sp³-hybridized carbons (Fsp3) is 0.636. The monoisotopic (exact) mass is 592 g/mol. The van der Waals surface area contributed by atoms with Crippen LogP contribution in [-0.4, -0.2) is 99.1 Å². The highest BCUT2D eigenvalue weighted by Gasteiger charge is 2.55. The lowest BCUT2D eigenvalue weighted by Crippen LogP contribution is -2.75. The number of piperazine rings is 1. The molecule has 234 valence electrons. The third-order valence-electron chi connectivity index (χ3n) is 10.0. The number of amides is 3. The Bertz CT molecular complexity index is 1290. The van der Waals surface area contributed by atoms with E-state index < -0.39 is 17.7 Å². The lowest BCUT2D eigenvalue weighted by atomic mass is 9.77. The van der Waals surface area contributed by atoms with Gasteiger partial charge >= 0.3 is 0 Å².